The molecule has 2 aromatic heterocycles. The smallest absolute Gasteiger partial charge is 0.341 e. The number of hydrogen-bond donors (Lipinski definition) is 1. The predicted molar refractivity (Wildman–Crippen MR) is 132 cm³/mol. The molecule has 3 aromatic rings. The van der Waals surface area contributed by atoms with E-state index in [1.807, 2.05) is 25.1 Å². The van der Waals surface area contributed by atoms with Gasteiger partial charge in [-0.15, -0.1) is 11.3 Å². The van der Waals surface area contributed by atoms with E-state index in [1.165, 1.54) is 30.2 Å². The third-order valence-corrected chi connectivity index (χ3v) is 8.01. The fourth-order valence-electron chi connectivity index (χ4n) is 4.12. The van der Waals surface area contributed by atoms with Crippen molar-refractivity contribution in [2.75, 3.05) is 18.2 Å². The van der Waals surface area contributed by atoms with Crippen molar-refractivity contribution in [2.24, 2.45) is 5.92 Å². The van der Waals surface area contributed by atoms with Crippen LogP contribution in [0, 0.1) is 5.92 Å². The number of esters is 1. The van der Waals surface area contributed by atoms with Crippen LogP contribution in [-0.4, -0.2) is 34.3 Å². The number of ether oxygens (including phenoxy) is 1. The Morgan fingerprint density at radius 1 is 1.33 bits per heavy atom. The first-order valence-electron chi connectivity index (χ1n) is 11.1. The molecule has 0 spiro atoms. The lowest BCUT2D eigenvalue weighted by Gasteiger charge is -2.18. The van der Waals surface area contributed by atoms with E-state index < -0.39 is 5.97 Å². The molecule has 0 radical (unpaired) electrons. The van der Waals surface area contributed by atoms with Crippen molar-refractivity contribution in [2.45, 2.75) is 51.2 Å². The van der Waals surface area contributed by atoms with Gasteiger partial charge in [0.05, 0.1) is 23.6 Å². The SMILES string of the molecule is CCn1c(SCCC(=O)Nc2sc3c(c2C(=O)OC)CCC(C)C3)nc2ccccc2c1=O. The van der Waals surface area contributed by atoms with Gasteiger partial charge < -0.3 is 10.1 Å². The Kier molecular flexibility index (Phi) is 7.19. The summed E-state index contributed by atoms with van der Waals surface area (Å²) in [6.07, 6.45) is 3.00. The minimum atomic E-state index is -0.404. The second-order valence-corrected chi connectivity index (χ2v) is 10.3. The molecule has 1 aliphatic carbocycles. The number of aromatic nitrogens is 2. The third kappa shape index (κ3) is 4.84. The summed E-state index contributed by atoms with van der Waals surface area (Å²) in [4.78, 5) is 43.7. The molecular weight excluding hydrogens is 458 g/mol. The standard InChI is InChI=1S/C24H27N3O4S2/c1-4-27-22(29)15-7-5-6-8-17(15)25-24(27)32-12-11-19(28)26-21-20(23(30)31-3)16-10-9-14(2)13-18(16)33-21/h5-8,14H,4,9-13H2,1-3H3,(H,26,28). The van der Waals surface area contributed by atoms with Crippen LogP contribution in [0.4, 0.5) is 5.00 Å². The third-order valence-electron chi connectivity index (χ3n) is 5.86. The van der Waals surface area contributed by atoms with Gasteiger partial charge in [-0.2, -0.15) is 0 Å². The maximum absolute atomic E-state index is 12.8. The van der Waals surface area contributed by atoms with Gasteiger partial charge in [-0.25, -0.2) is 9.78 Å². The first kappa shape index (κ1) is 23.5. The fourth-order valence-corrected chi connectivity index (χ4v) is 6.53. The molecule has 4 rings (SSSR count). The van der Waals surface area contributed by atoms with Crippen LogP contribution in [0.1, 0.15) is 47.5 Å². The molecule has 1 unspecified atom stereocenters. The predicted octanol–water partition coefficient (Wildman–Crippen LogP) is 4.51. The van der Waals surface area contributed by atoms with Gasteiger partial charge in [0.1, 0.15) is 5.00 Å². The highest BCUT2D eigenvalue weighted by molar-refractivity contribution is 7.99. The van der Waals surface area contributed by atoms with Crippen molar-refractivity contribution >= 4 is 50.9 Å². The molecule has 33 heavy (non-hydrogen) atoms. The van der Waals surface area contributed by atoms with Crippen LogP contribution >= 0.6 is 23.1 Å². The Morgan fingerprint density at radius 3 is 2.88 bits per heavy atom. The summed E-state index contributed by atoms with van der Waals surface area (Å²) < 4.78 is 6.63. The number of rotatable bonds is 7. The van der Waals surface area contributed by atoms with Crippen LogP contribution in [0.15, 0.2) is 34.2 Å². The molecule has 0 saturated carbocycles. The summed E-state index contributed by atoms with van der Waals surface area (Å²) >= 11 is 2.86. The van der Waals surface area contributed by atoms with Crippen LogP contribution in [0.5, 0.6) is 0 Å². The number of para-hydroxylation sites is 1. The maximum Gasteiger partial charge on any atom is 0.341 e. The van der Waals surface area contributed by atoms with E-state index in [2.05, 4.69) is 17.2 Å². The Morgan fingerprint density at radius 2 is 2.12 bits per heavy atom. The molecule has 1 aliphatic rings. The van der Waals surface area contributed by atoms with Gasteiger partial charge in [0.2, 0.25) is 5.91 Å². The number of carbonyl (C=O) groups excluding carboxylic acids is 2. The zero-order valence-electron chi connectivity index (χ0n) is 19.0. The number of thiophene rings is 1. The summed E-state index contributed by atoms with van der Waals surface area (Å²) in [5.74, 6) is 0.448. The number of nitrogens with zero attached hydrogens (tertiary/aromatic N) is 2. The van der Waals surface area contributed by atoms with E-state index in [1.54, 1.807) is 10.6 Å². The first-order valence-corrected chi connectivity index (χ1v) is 12.9. The largest absolute Gasteiger partial charge is 0.465 e. The van der Waals surface area contributed by atoms with Gasteiger partial charge in [-0.05, 0) is 49.8 Å². The Labute approximate surface area is 200 Å². The van der Waals surface area contributed by atoms with Gasteiger partial charge in [0.15, 0.2) is 5.16 Å². The number of thioether (sulfide) groups is 1. The van der Waals surface area contributed by atoms with Crippen LogP contribution in [0.2, 0.25) is 0 Å². The number of amides is 1. The average Bonchev–Trinajstić information content (AvgIpc) is 3.15. The Hall–Kier alpha value is -2.65. The average molecular weight is 486 g/mol. The number of fused-ring (bicyclic) bond motifs is 2. The number of carbonyl (C=O) groups is 2. The molecule has 0 saturated heterocycles. The van der Waals surface area contributed by atoms with Crippen LogP contribution in [-0.2, 0) is 28.9 Å². The highest BCUT2D eigenvalue weighted by atomic mass is 32.2. The quantitative estimate of drug-likeness (QED) is 0.301. The Bertz CT molecular complexity index is 1260. The van der Waals surface area contributed by atoms with Crippen molar-refractivity contribution < 1.29 is 14.3 Å². The van der Waals surface area contributed by atoms with Gasteiger partial charge in [-0.3, -0.25) is 14.2 Å². The summed E-state index contributed by atoms with van der Waals surface area (Å²) in [6.45, 7) is 4.61. The second kappa shape index (κ2) is 10.1. The van der Waals surface area contributed by atoms with Gasteiger partial charge in [-0.1, -0.05) is 30.8 Å². The molecule has 9 heteroatoms. The second-order valence-electron chi connectivity index (χ2n) is 8.16. The molecule has 1 aromatic carbocycles. The van der Waals surface area contributed by atoms with Crippen LogP contribution < -0.4 is 10.9 Å². The number of benzene rings is 1. The van der Waals surface area contributed by atoms with Crippen LogP contribution in [0.25, 0.3) is 10.9 Å². The summed E-state index contributed by atoms with van der Waals surface area (Å²) in [5.41, 5.74) is 2.10. The van der Waals surface area contributed by atoms with E-state index >= 15 is 0 Å². The zero-order chi connectivity index (χ0) is 23.5. The lowest BCUT2D eigenvalue weighted by atomic mass is 9.88. The van der Waals surface area contributed by atoms with E-state index in [9.17, 15) is 14.4 Å². The van der Waals surface area contributed by atoms with Crippen molar-refractivity contribution in [3.63, 3.8) is 0 Å². The molecule has 1 N–H and O–H groups in total. The monoisotopic (exact) mass is 485 g/mol. The van der Waals surface area contributed by atoms with Crippen molar-refractivity contribution in [1.29, 1.82) is 0 Å². The molecule has 174 valence electrons. The van der Waals surface area contributed by atoms with E-state index in [-0.39, 0.29) is 17.9 Å². The maximum atomic E-state index is 12.8. The van der Waals surface area contributed by atoms with Crippen molar-refractivity contribution in [3.05, 3.63) is 50.6 Å². The fraction of sp³-hybridized carbons (Fsp3) is 0.417. The molecule has 1 amide bonds. The number of anilines is 1. The normalized spacial score (nSPS) is 15.3. The summed E-state index contributed by atoms with van der Waals surface area (Å²) in [5, 5.41) is 4.70. The molecule has 0 bridgehead atoms. The zero-order valence-corrected chi connectivity index (χ0v) is 20.6. The van der Waals surface area contributed by atoms with E-state index in [4.69, 9.17) is 4.74 Å². The summed E-state index contributed by atoms with van der Waals surface area (Å²) in [6, 6.07) is 7.28. The minimum Gasteiger partial charge on any atom is -0.465 e. The molecule has 0 aliphatic heterocycles. The van der Waals surface area contributed by atoms with Gasteiger partial charge in [0, 0.05) is 23.6 Å². The number of nitrogens with one attached hydrogen (secondary N) is 1. The topological polar surface area (TPSA) is 90.3 Å². The van der Waals surface area contributed by atoms with Crippen LogP contribution in [0.3, 0.4) is 0 Å². The molecule has 0 fully saturated rings. The van der Waals surface area contributed by atoms with Gasteiger partial charge in [0.25, 0.3) is 5.56 Å². The highest BCUT2D eigenvalue weighted by Gasteiger charge is 2.28. The molecular formula is C24H27N3O4S2. The molecule has 7 nitrogen and oxygen atoms in total. The van der Waals surface area contributed by atoms with E-state index in [0.29, 0.717) is 44.8 Å². The molecule has 2 heterocycles. The number of hydrogen-bond acceptors (Lipinski definition) is 7. The summed E-state index contributed by atoms with van der Waals surface area (Å²) in [7, 11) is 1.36. The Balaban J connectivity index is 1.47. The molecule has 1 atom stereocenters. The highest BCUT2D eigenvalue weighted by Crippen LogP contribution is 2.40. The van der Waals surface area contributed by atoms with E-state index in [0.717, 1.165) is 29.7 Å². The first-order chi connectivity index (χ1) is 15.9. The number of methoxy groups -OCH3 is 1. The van der Waals surface area contributed by atoms with Crippen molar-refractivity contribution in [3.8, 4) is 0 Å². The lowest BCUT2D eigenvalue weighted by molar-refractivity contribution is -0.115. The van der Waals surface area contributed by atoms with Gasteiger partial charge >= 0.3 is 5.97 Å². The van der Waals surface area contributed by atoms with Crippen molar-refractivity contribution in [1.82, 2.24) is 9.55 Å². The minimum absolute atomic E-state index is 0.0730. The lowest BCUT2D eigenvalue weighted by Crippen LogP contribution is -2.22.